The topological polar surface area (TPSA) is 57.5 Å². The van der Waals surface area contributed by atoms with Gasteiger partial charge in [0, 0.05) is 25.7 Å². The lowest BCUT2D eigenvalue weighted by atomic mass is 10.3. The van der Waals surface area contributed by atoms with Crippen LogP contribution in [0.3, 0.4) is 0 Å². The van der Waals surface area contributed by atoms with Gasteiger partial charge in [-0.25, -0.2) is 4.79 Å². The van der Waals surface area contributed by atoms with E-state index in [0.717, 1.165) is 0 Å². The van der Waals surface area contributed by atoms with E-state index in [-0.39, 0.29) is 0 Å². The highest BCUT2D eigenvalue weighted by Gasteiger charge is 2.14. The van der Waals surface area contributed by atoms with Crippen LogP contribution in [-0.2, 0) is 16.1 Å². The van der Waals surface area contributed by atoms with Gasteiger partial charge in [-0.05, 0) is 13.8 Å². The van der Waals surface area contributed by atoms with Crippen LogP contribution >= 0.6 is 0 Å². The van der Waals surface area contributed by atoms with Crippen LogP contribution in [-0.4, -0.2) is 23.1 Å². The lowest BCUT2D eigenvalue weighted by Crippen LogP contribution is -2.05. The van der Waals surface area contributed by atoms with E-state index in [2.05, 4.69) is 0 Å². The third kappa shape index (κ3) is 2.85. The lowest BCUT2D eigenvalue weighted by molar-refractivity contribution is -0.132. The van der Waals surface area contributed by atoms with Gasteiger partial charge in [0.05, 0.1) is 12.2 Å². The van der Waals surface area contributed by atoms with Crippen LogP contribution in [0.2, 0.25) is 0 Å². The molecule has 0 atom stereocenters. The highest BCUT2D eigenvalue weighted by Crippen LogP contribution is 2.18. The summed E-state index contributed by atoms with van der Waals surface area (Å²) in [6, 6.07) is 1.50. The molecule has 1 heterocycles. The molecule has 0 fully saturated rings. The Hall–Kier alpha value is -1.78. The third-order valence-electron chi connectivity index (χ3n) is 1.96. The molecular weight excluding hydrogens is 210 g/mol. The second-order valence-electron chi connectivity index (χ2n) is 3.17. The van der Waals surface area contributed by atoms with Gasteiger partial charge in [0.25, 0.3) is 0 Å². The van der Waals surface area contributed by atoms with Gasteiger partial charge in [0.15, 0.2) is 0 Å². The Morgan fingerprint density at radius 3 is 2.56 bits per heavy atom. The second kappa shape index (κ2) is 5.34. The predicted octanol–water partition coefficient (Wildman–Crippen LogP) is 1.61. The first-order chi connectivity index (χ1) is 7.58. The standard InChI is InChI=1S/C11H15NO4/c1-4-12-7-9(11(14)15-5-2)6-10(12)16-8(3)13/h6-7H,4-5H2,1-3H3. The zero-order valence-corrected chi connectivity index (χ0v) is 9.65. The van der Waals surface area contributed by atoms with Crippen molar-refractivity contribution >= 4 is 11.9 Å². The zero-order chi connectivity index (χ0) is 12.1. The maximum atomic E-state index is 11.4. The molecule has 0 aromatic carbocycles. The van der Waals surface area contributed by atoms with Gasteiger partial charge in [-0.1, -0.05) is 0 Å². The number of aromatic nitrogens is 1. The minimum Gasteiger partial charge on any atom is -0.462 e. The summed E-state index contributed by atoms with van der Waals surface area (Å²) in [5.41, 5.74) is 0.389. The van der Waals surface area contributed by atoms with E-state index in [1.807, 2.05) is 6.92 Å². The van der Waals surface area contributed by atoms with Crippen molar-refractivity contribution in [3.63, 3.8) is 0 Å². The van der Waals surface area contributed by atoms with Gasteiger partial charge in [-0.15, -0.1) is 0 Å². The molecule has 1 aromatic heterocycles. The largest absolute Gasteiger partial charge is 0.462 e. The van der Waals surface area contributed by atoms with E-state index in [0.29, 0.717) is 24.6 Å². The van der Waals surface area contributed by atoms with Gasteiger partial charge in [-0.3, -0.25) is 4.79 Å². The summed E-state index contributed by atoms with van der Waals surface area (Å²) in [6.45, 7) is 5.88. The number of hydrogen-bond acceptors (Lipinski definition) is 4. The molecule has 16 heavy (non-hydrogen) atoms. The summed E-state index contributed by atoms with van der Waals surface area (Å²) >= 11 is 0. The Balaban J connectivity index is 2.93. The van der Waals surface area contributed by atoms with E-state index in [4.69, 9.17) is 9.47 Å². The molecule has 0 aliphatic heterocycles. The lowest BCUT2D eigenvalue weighted by Gasteiger charge is -2.03. The first-order valence-electron chi connectivity index (χ1n) is 5.14. The van der Waals surface area contributed by atoms with Crippen molar-refractivity contribution in [1.82, 2.24) is 4.57 Å². The number of esters is 2. The van der Waals surface area contributed by atoms with Crippen LogP contribution < -0.4 is 4.74 Å². The average molecular weight is 225 g/mol. The van der Waals surface area contributed by atoms with Gasteiger partial charge in [0.2, 0.25) is 5.88 Å². The van der Waals surface area contributed by atoms with Crippen molar-refractivity contribution in [2.75, 3.05) is 6.61 Å². The van der Waals surface area contributed by atoms with Gasteiger partial charge in [0.1, 0.15) is 0 Å². The monoisotopic (exact) mass is 225 g/mol. The molecule has 5 heteroatoms. The molecular formula is C11H15NO4. The molecule has 0 bridgehead atoms. The Bertz CT molecular complexity index is 395. The predicted molar refractivity (Wildman–Crippen MR) is 57.4 cm³/mol. The molecule has 0 spiro atoms. The van der Waals surface area contributed by atoms with Crippen LogP contribution in [0, 0.1) is 0 Å². The highest BCUT2D eigenvalue weighted by atomic mass is 16.5. The molecule has 1 aromatic rings. The molecule has 0 aliphatic carbocycles. The second-order valence-corrected chi connectivity index (χ2v) is 3.17. The number of carbonyl (C=O) groups excluding carboxylic acids is 2. The molecule has 0 N–H and O–H groups in total. The van der Waals surface area contributed by atoms with Crippen molar-refractivity contribution in [3.8, 4) is 5.88 Å². The first kappa shape index (κ1) is 12.3. The molecule has 0 saturated carbocycles. The van der Waals surface area contributed by atoms with E-state index in [9.17, 15) is 9.59 Å². The molecule has 1 rings (SSSR count). The quantitative estimate of drug-likeness (QED) is 0.730. The zero-order valence-electron chi connectivity index (χ0n) is 9.65. The maximum absolute atomic E-state index is 11.4. The van der Waals surface area contributed by atoms with E-state index < -0.39 is 11.9 Å². The number of aryl methyl sites for hydroxylation is 1. The Labute approximate surface area is 94.0 Å². The first-order valence-corrected chi connectivity index (χ1v) is 5.14. The molecule has 0 unspecified atom stereocenters. The SMILES string of the molecule is CCOC(=O)c1cc(OC(C)=O)n(CC)c1. The highest BCUT2D eigenvalue weighted by molar-refractivity contribution is 5.90. The van der Waals surface area contributed by atoms with Crippen molar-refractivity contribution < 1.29 is 19.1 Å². The van der Waals surface area contributed by atoms with Gasteiger partial charge in [-0.2, -0.15) is 0 Å². The van der Waals surface area contributed by atoms with Crippen molar-refractivity contribution in [1.29, 1.82) is 0 Å². The number of nitrogens with zero attached hydrogens (tertiary/aromatic N) is 1. The van der Waals surface area contributed by atoms with Crippen molar-refractivity contribution in [3.05, 3.63) is 17.8 Å². The van der Waals surface area contributed by atoms with Crippen LogP contribution in [0.1, 0.15) is 31.1 Å². The fourth-order valence-corrected chi connectivity index (χ4v) is 1.29. The number of hydrogen-bond donors (Lipinski definition) is 0. The summed E-state index contributed by atoms with van der Waals surface area (Å²) in [5, 5.41) is 0. The number of ether oxygens (including phenoxy) is 2. The van der Waals surface area contributed by atoms with Gasteiger partial charge < -0.3 is 14.0 Å². The fraction of sp³-hybridized carbons (Fsp3) is 0.455. The van der Waals surface area contributed by atoms with E-state index in [1.54, 1.807) is 17.7 Å². The van der Waals surface area contributed by atoms with Crippen molar-refractivity contribution in [2.24, 2.45) is 0 Å². The summed E-state index contributed by atoms with van der Waals surface area (Å²) in [5.74, 6) is -0.468. The minimum absolute atomic E-state index is 0.318. The Morgan fingerprint density at radius 2 is 2.06 bits per heavy atom. The summed E-state index contributed by atoms with van der Waals surface area (Å²) < 4.78 is 11.5. The molecule has 88 valence electrons. The van der Waals surface area contributed by atoms with Crippen LogP contribution in [0.15, 0.2) is 12.3 Å². The Kier molecular flexibility index (Phi) is 4.10. The summed E-state index contributed by atoms with van der Waals surface area (Å²) in [6.07, 6.45) is 1.61. The normalized spacial score (nSPS) is 9.94. The Morgan fingerprint density at radius 1 is 1.38 bits per heavy atom. The number of carbonyl (C=O) groups is 2. The van der Waals surface area contributed by atoms with Crippen LogP contribution in [0.4, 0.5) is 0 Å². The molecule has 0 radical (unpaired) electrons. The minimum atomic E-state index is -0.414. The third-order valence-corrected chi connectivity index (χ3v) is 1.96. The maximum Gasteiger partial charge on any atom is 0.339 e. The van der Waals surface area contributed by atoms with E-state index in [1.165, 1.54) is 13.0 Å². The molecule has 0 aliphatic rings. The number of rotatable bonds is 4. The van der Waals surface area contributed by atoms with Crippen molar-refractivity contribution in [2.45, 2.75) is 27.3 Å². The summed E-state index contributed by atoms with van der Waals surface area (Å²) in [4.78, 5) is 22.3. The van der Waals surface area contributed by atoms with Crippen LogP contribution in [0.25, 0.3) is 0 Å². The van der Waals surface area contributed by atoms with Crippen LogP contribution in [0.5, 0.6) is 5.88 Å². The van der Waals surface area contributed by atoms with E-state index >= 15 is 0 Å². The fourth-order valence-electron chi connectivity index (χ4n) is 1.29. The van der Waals surface area contributed by atoms with Gasteiger partial charge >= 0.3 is 11.9 Å². The molecule has 0 saturated heterocycles. The molecule has 0 amide bonds. The summed E-state index contributed by atoms with van der Waals surface area (Å²) in [7, 11) is 0. The molecule has 5 nitrogen and oxygen atoms in total. The smallest absolute Gasteiger partial charge is 0.339 e. The average Bonchev–Trinajstić information content (AvgIpc) is 2.60.